The Morgan fingerprint density at radius 3 is 2.56 bits per heavy atom. The summed E-state index contributed by atoms with van der Waals surface area (Å²) in [5.74, 6) is -0.113. The van der Waals surface area contributed by atoms with Crippen LogP contribution in [0.1, 0.15) is 36.2 Å². The third-order valence-electron chi connectivity index (χ3n) is 6.63. The average Bonchev–Trinajstić information content (AvgIpc) is 2.86. The van der Waals surface area contributed by atoms with E-state index >= 15 is 0 Å². The highest BCUT2D eigenvalue weighted by atomic mass is 16.5. The predicted molar refractivity (Wildman–Crippen MR) is 127 cm³/mol. The molecule has 5 rings (SSSR count). The van der Waals surface area contributed by atoms with E-state index in [4.69, 9.17) is 9.47 Å². The maximum Gasteiger partial charge on any atom is 0.271 e. The SMILES string of the molecule is CC1(C)Oc2ccc(C(=O)N3CCCc4ccccc43)cc2N(CC(=O)N2CCOCC2)C1=O. The van der Waals surface area contributed by atoms with Crippen molar-refractivity contribution in [2.45, 2.75) is 32.3 Å². The minimum absolute atomic E-state index is 0.108. The molecule has 3 amide bonds. The molecule has 3 heterocycles. The van der Waals surface area contributed by atoms with Gasteiger partial charge in [-0.25, -0.2) is 0 Å². The summed E-state index contributed by atoms with van der Waals surface area (Å²) in [6.45, 7) is 5.88. The summed E-state index contributed by atoms with van der Waals surface area (Å²) in [5, 5.41) is 0. The van der Waals surface area contributed by atoms with E-state index in [9.17, 15) is 14.4 Å². The number of carbonyl (C=O) groups is 3. The van der Waals surface area contributed by atoms with Crippen molar-refractivity contribution >= 4 is 29.1 Å². The Balaban J connectivity index is 1.47. The lowest BCUT2D eigenvalue weighted by Crippen LogP contribution is -2.56. The third kappa shape index (κ3) is 4.03. The molecule has 2 aromatic carbocycles. The van der Waals surface area contributed by atoms with Crippen LogP contribution in [0.3, 0.4) is 0 Å². The minimum atomic E-state index is -1.12. The number of rotatable bonds is 3. The zero-order valence-electron chi connectivity index (χ0n) is 19.6. The van der Waals surface area contributed by atoms with Crippen LogP contribution in [0.15, 0.2) is 42.5 Å². The van der Waals surface area contributed by atoms with Crippen molar-refractivity contribution in [2.24, 2.45) is 0 Å². The first-order valence-electron chi connectivity index (χ1n) is 11.8. The first-order valence-corrected chi connectivity index (χ1v) is 11.8. The van der Waals surface area contributed by atoms with Crippen molar-refractivity contribution in [3.05, 3.63) is 53.6 Å². The Bertz CT molecular complexity index is 1140. The van der Waals surface area contributed by atoms with Crippen molar-refractivity contribution in [1.82, 2.24) is 4.90 Å². The van der Waals surface area contributed by atoms with Gasteiger partial charge in [0.05, 0.1) is 18.9 Å². The second-order valence-electron chi connectivity index (χ2n) is 9.37. The Hall–Kier alpha value is -3.39. The zero-order chi connectivity index (χ0) is 23.9. The van der Waals surface area contributed by atoms with Gasteiger partial charge in [-0.05, 0) is 56.5 Å². The fourth-order valence-corrected chi connectivity index (χ4v) is 4.81. The molecule has 178 valence electrons. The Morgan fingerprint density at radius 2 is 1.76 bits per heavy atom. The van der Waals surface area contributed by atoms with Crippen molar-refractivity contribution in [1.29, 1.82) is 0 Å². The molecular formula is C26H29N3O5. The molecule has 34 heavy (non-hydrogen) atoms. The summed E-state index contributed by atoms with van der Waals surface area (Å²) < 4.78 is 11.3. The van der Waals surface area contributed by atoms with E-state index in [1.54, 1.807) is 41.8 Å². The quantitative estimate of drug-likeness (QED) is 0.699. The van der Waals surface area contributed by atoms with E-state index in [0.717, 1.165) is 24.1 Å². The van der Waals surface area contributed by atoms with Crippen molar-refractivity contribution in [2.75, 3.05) is 49.2 Å². The van der Waals surface area contributed by atoms with Gasteiger partial charge in [-0.2, -0.15) is 0 Å². The number of benzene rings is 2. The number of fused-ring (bicyclic) bond motifs is 2. The summed E-state index contributed by atoms with van der Waals surface area (Å²) in [6.07, 6.45) is 1.84. The van der Waals surface area contributed by atoms with E-state index in [2.05, 4.69) is 6.07 Å². The van der Waals surface area contributed by atoms with Crippen molar-refractivity contribution < 1.29 is 23.9 Å². The lowest BCUT2D eigenvalue weighted by atomic mass is 9.99. The highest BCUT2D eigenvalue weighted by Crippen LogP contribution is 2.39. The molecule has 0 aliphatic carbocycles. The molecule has 1 fully saturated rings. The summed E-state index contributed by atoms with van der Waals surface area (Å²) in [5.41, 5.74) is 1.86. The van der Waals surface area contributed by atoms with Crippen LogP contribution < -0.4 is 14.5 Å². The monoisotopic (exact) mass is 463 g/mol. The van der Waals surface area contributed by atoms with Gasteiger partial charge in [-0.15, -0.1) is 0 Å². The molecule has 0 saturated carbocycles. The summed E-state index contributed by atoms with van der Waals surface area (Å²) in [7, 11) is 0. The largest absolute Gasteiger partial charge is 0.476 e. The van der Waals surface area contributed by atoms with E-state index in [-0.39, 0.29) is 24.3 Å². The Kier molecular flexibility index (Phi) is 5.77. The molecule has 0 radical (unpaired) electrons. The number of hydrogen-bond acceptors (Lipinski definition) is 5. The Labute approximate surface area is 199 Å². The number of morpholine rings is 1. The first-order chi connectivity index (χ1) is 16.3. The van der Waals surface area contributed by atoms with Gasteiger partial charge in [-0.1, -0.05) is 18.2 Å². The molecule has 0 aromatic heterocycles. The van der Waals surface area contributed by atoms with Crippen LogP contribution in [0.4, 0.5) is 11.4 Å². The summed E-state index contributed by atoms with van der Waals surface area (Å²) in [4.78, 5) is 44.8. The fourth-order valence-electron chi connectivity index (χ4n) is 4.81. The molecule has 2 aromatic rings. The highest BCUT2D eigenvalue weighted by molar-refractivity contribution is 6.10. The molecule has 8 nitrogen and oxygen atoms in total. The molecule has 0 bridgehead atoms. The lowest BCUT2D eigenvalue weighted by Gasteiger charge is -2.39. The topological polar surface area (TPSA) is 79.4 Å². The normalized spacial score (nSPS) is 19.2. The predicted octanol–water partition coefficient (Wildman–Crippen LogP) is 2.64. The third-order valence-corrected chi connectivity index (χ3v) is 6.63. The number of carbonyl (C=O) groups excluding carboxylic acids is 3. The number of amides is 3. The standard InChI is InChI=1S/C26H29N3O5/c1-26(2)25(32)29(17-23(30)27-12-14-33-15-13-27)21-16-19(9-10-22(21)34-26)24(31)28-11-5-7-18-6-3-4-8-20(18)28/h3-4,6,8-10,16H,5,7,11-15,17H2,1-2H3. The number of hydrogen-bond donors (Lipinski definition) is 0. The van der Waals surface area contributed by atoms with Gasteiger partial charge in [0.1, 0.15) is 12.3 Å². The van der Waals surface area contributed by atoms with E-state index < -0.39 is 5.60 Å². The van der Waals surface area contributed by atoms with Crippen molar-refractivity contribution in [3.8, 4) is 5.75 Å². The lowest BCUT2D eigenvalue weighted by molar-refractivity contribution is -0.138. The maximum atomic E-state index is 13.5. The van der Waals surface area contributed by atoms with Crippen LogP contribution in [0.5, 0.6) is 5.75 Å². The van der Waals surface area contributed by atoms with E-state index in [1.807, 2.05) is 18.2 Å². The van der Waals surface area contributed by atoms with Crippen LogP contribution in [0, 0.1) is 0 Å². The van der Waals surface area contributed by atoms with Crippen LogP contribution in [-0.2, 0) is 20.7 Å². The second kappa shape index (κ2) is 8.76. The molecule has 3 aliphatic heterocycles. The molecule has 0 N–H and O–H groups in total. The number of nitrogens with zero attached hydrogens (tertiary/aromatic N) is 3. The second-order valence-corrected chi connectivity index (χ2v) is 9.37. The molecule has 0 atom stereocenters. The molecular weight excluding hydrogens is 434 g/mol. The smallest absolute Gasteiger partial charge is 0.271 e. The Morgan fingerprint density at radius 1 is 1.00 bits per heavy atom. The highest BCUT2D eigenvalue weighted by Gasteiger charge is 2.42. The molecule has 0 unspecified atom stereocenters. The number of ether oxygens (including phenoxy) is 2. The van der Waals surface area contributed by atoms with Crippen molar-refractivity contribution in [3.63, 3.8) is 0 Å². The number of para-hydroxylation sites is 1. The van der Waals surface area contributed by atoms with Crippen LogP contribution in [0.2, 0.25) is 0 Å². The molecule has 8 heteroatoms. The number of anilines is 2. The van der Waals surface area contributed by atoms with Gasteiger partial charge in [0, 0.05) is 30.9 Å². The van der Waals surface area contributed by atoms with Crippen LogP contribution in [0.25, 0.3) is 0 Å². The number of aryl methyl sites for hydroxylation is 1. The average molecular weight is 464 g/mol. The molecule has 1 saturated heterocycles. The summed E-state index contributed by atoms with van der Waals surface area (Å²) in [6, 6.07) is 13.1. The zero-order valence-corrected chi connectivity index (χ0v) is 19.6. The summed E-state index contributed by atoms with van der Waals surface area (Å²) >= 11 is 0. The van der Waals surface area contributed by atoms with Gasteiger partial charge in [0.2, 0.25) is 5.91 Å². The molecule has 3 aliphatic rings. The van der Waals surface area contributed by atoms with E-state index in [1.165, 1.54) is 4.90 Å². The first kappa shape index (κ1) is 22.4. The van der Waals surface area contributed by atoms with Gasteiger partial charge < -0.3 is 19.3 Å². The van der Waals surface area contributed by atoms with Gasteiger partial charge >= 0.3 is 0 Å². The minimum Gasteiger partial charge on any atom is -0.476 e. The maximum absolute atomic E-state index is 13.5. The van der Waals surface area contributed by atoms with E-state index in [0.29, 0.717) is 49.8 Å². The van der Waals surface area contributed by atoms with Gasteiger partial charge in [-0.3, -0.25) is 19.3 Å². The van der Waals surface area contributed by atoms with Gasteiger partial charge in [0.25, 0.3) is 11.8 Å². The van der Waals surface area contributed by atoms with Crippen LogP contribution >= 0.6 is 0 Å². The molecule has 0 spiro atoms. The van der Waals surface area contributed by atoms with Gasteiger partial charge in [0.15, 0.2) is 5.60 Å². The van der Waals surface area contributed by atoms with Crippen LogP contribution in [-0.4, -0.2) is 67.6 Å². The fraction of sp³-hybridized carbons (Fsp3) is 0.423.